The Hall–Kier alpha value is -0.710. The Morgan fingerprint density at radius 3 is 2.78 bits per heavy atom. The van der Waals surface area contributed by atoms with Gasteiger partial charge in [0.2, 0.25) is 0 Å². The molecule has 2 nitrogen and oxygen atoms in total. The van der Waals surface area contributed by atoms with E-state index in [-0.39, 0.29) is 0 Å². The normalized spacial score (nSPS) is 12.8. The molecule has 1 N–H and O–H groups in total. The van der Waals surface area contributed by atoms with Gasteiger partial charge in [-0.05, 0) is 49.2 Å². The summed E-state index contributed by atoms with van der Waals surface area (Å²) in [6.45, 7) is 7.50. The van der Waals surface area contributed by atoms with Crippen LogP contribution in [0.2, 0.25) is 0 Å². The highest BCUT2D eigenvalue weighted by atomic mass is 32.1. The number of nitrogens with zero attached hydrogens (tertiary/aromatic N) is 1. The molecule has 0 saturated heterocycles. The van der Waals surface area contributed by atoms with Crippen LogP contribution >= 0.6 is 22.7 Å². The molecule has 0 aromatic carbocycles. The number of aromatic nitrogens is 1. The molecular weight excluding hydrogens is 260 g/mol. The fourth-order valence-electron chi connectivity index (χ4n) is 1.90. The smallest absolute Gasteiger partial charge is 0.0949 e. The summed E-state index contributed by atoms with van der Waals surface area (Å²) in [5.74, 6) is 0. The first-order valence-corrected chi connectivity index (χ1v) is 8.15. The number of hydrogen-bond donors (Lipinski definition) is 1. The van der Waals surface area contributed by atoms with Crippen molar-refractivity contribution < 1.29 is 0 Å². The topological polar surface area (TPSA) is 24.9 Å². The predicted molar refractivity (Wildman–Crippen MR) is 80.6 cm³/mol. The molecule has 0 bridgehead atoms. The maximum Gasteiger partial charge on any atom is 0.0949 e. The van der Waals surface area contributed by atoms with Crippen molar-refractivity contribution in [2.45, 2.75) is 39.7 Å². The molecule has 0 spiro atoms. The van der Waals surface area contributed by atoms with Crippen LogP contribution in [0.15, 0.2) is 16.8 Å². The third-order valence-electron chi connectivity index (χ3n) is 3.04. The van der Waals surface area contributed by atoms with Crippen LogP contribution in [0.5, 0.6) is 0 Å². The van der Waals surface area contributed by atoms with Crippen LogP contribution in [0.3, 0.4) is 0 Å². The monoisotopic (exact) mass is 280 g/mol. The van der Waals surface area contributed by atoms with Crippen molar-refractivity contribution in [3.8, 4) is 0 Å². The minimum atomic E-state index is 0.404. The summed E-state index contributed by atoms with van der Waals surface area (Å²) in [5, 5.41) is 9.25. The molecule has 1 unspecified atom stereocenters. The van der Waals surface area contributed by atoms with E-state index in [4.69, 9.17) is 0 Å². The van der Waals surface area contributed by atoms with Gasteiger partial charge in [-0.3, -0.25) is 0 Å². The van der Waals surface area contributed by atoms with E-state index < -0.39 is 0 Å². The molecule has 0 radical (unpaired) electrons. The van der Waals surface area contributed by atoms with Crippen LogP contribution in [-0.2, 0) is 6.42 Å². The van der Waals surface area contributed by atoms with Crippen molar-refractivity contribution in [3.63, 3.8) is 0 Å². The van der Waals surface area contributed by atoms with Crippen LogP contribution in [-0.4, -0.2) is 11.5 Å². The Bertz CT molecular complexity index is 454. The highest BCUT2D eigenvalue weighted by molar-refractivity contribution is 7.11. The van der Waals surface area contributed by atoms with Gasteiger partial charge >= 0.3 is 0 Å². The van der Waals surface area contributed by atoms with E-state index in [1.165, 1.54) is 21.1 Å². The van der Waals surface area contributed by atoms with Crippen molar-refractivity contribution in [2.75, 3.05) is 6.54 Å². The highest BCUT2D eigenvalue weighted by Gasteiger charge is 2.14. The third-order valence-corrected chi connectivity index (χ3v) is 4.83. The van der Waals surface area contributed by atoms with Gasteiger partial charge in [0.15, 0.2) is 0 Å². The molecular formula is C14H20N2S2. The van der Waals surface area contributed by atoms with E-state index >= 15 is 0 Å². The molecule has 2 aromatic heterocycles. The van der Waals surface area contributed by atoms with Crippen LogP contribution in [0.25, 0.3) is 0 Å². The number of thiophene rings is 1. The SMILES string of the molecule is CCCNC(Cc1nc(C)c(C)s1)c1ccsc1. The zero-order valence-electron chi connectivity index (χ0n) is 11.2. The molecule has 1 atom stereocenters. The maximum atomic E-state index is 4.65. The van der Waals surface area contributed by atoms with E-state index in [1.54, 1.807) is 11.3 Å². The summed E-state index contributed by atoms with van der Waals surface area (Å²) in [5.41, 5.74) is 2.56. The lowest BCUT2D eigenvalue weighted by molar-refractivity contribution is 0.529. The van der Waals surface area contributed by atoms with Gasteiger partial charge in [0.05, 0.1) is 10.7 Å². The van der Waals surface area contributed by atoms with Gasteiger partial charge in [0.25, 0.3) is 0 Å². The molecule has 2 aromatic rings. The van der Waals surface area contributed by atoms with Gasteiger partial charge in [0.1, 0.15) is 0 Å². The fraction of sp³-hybridized carbons (Fsp3) is 0.500. The molecule has 2 rings (SSSR count). The molecule has 0 fully saturated rings. The second kappa shape index (κ2) is 6.45. The van der Waals surface area contributed by atoms with E-state index in [0.717, 1.165) is 19.4 Å². The minimum Gasteiger partial charge on any atom is -0.310 e. The standard InChI is InChI=1S/C14H20N2S2/c1-4-6-15-13(12-5-7-17-9-12)8-14-16-10(2)11(3)18-14/h5,7,9,13,15H,4,6,8H2,1-3H3. The molecule has 4 heteroatoms. The third kappa shape index (κ3) is 3.40. The van der Waals surface area contributed by atoms with Gasteiger partial charge in [-0.15, -0.1) is 11.3 Å². The average molecular weight is 280 g/mol. The quantitative estimate of drug-likeness (QED) is 0.861. The Morgan fingerprint density at radius 1 is 1.39 bits per heavy atom. The first-order valence-electron chi connectivity index (χ1n) is 6.39. The van der Waals surface area contributed by atoms with Gasteiger partial charge < -0.3 is 5.32 Å². The van der Waals surface area contributed by atoms with Crippen molar-refractivity contribution in [1.82, 2.24) is 10.3 Å². The van der Waals surface area contributed by atoms with Crippen LogP contribution in [0, 0.1) is 13.8 Å². The number of thiazole rings is 1. The first kappa shape index (κ1) is 13.7. The summed E-state index contributed by atoms with van der Waals surface area (Å²) >= 11 is 3.59. The number of hydrogen-bond acceptors (Lipinski definition) is 4. The van der Waals surface area contributed by atoms with E-state index in [2.05, 4.69) is 47.9 Å². The number of rotatable bonds is 6. The summed E-state index contributed by atoms with van der Waals surface area (Å²) in [6.07, 6.45) is 2.16. The zero-order valence-corrected chi connectivity index (χ0v) is 12.8. The summed E-state index contributed by atoms with van der Waals surface area (Å²) in [6, 6.07) is 2.62. The van der Waals surface area contributed by atoms with Gasteiger partial charge in [0, 0.05) is 17.3 Å². The molecule has 0 amide bonds. The zero-order chi connectivity index (χ0) is 13.0. The average Bonchev–Trinajstić information content (AvgIpc) is 2.96. The molecule has 0 saturated carbocycles. The van der Waals surface area contributed by atoms with Crippen molar-refractivity contribution in [1.29, 1.82) is 0 Å². The molecule has 0 aliphatic rings. The van der Waals surface area contributed by atoms with Crippen molar-refractivity contribution in [3.05, 3.63) is 38.0 Å². The largest absolute Gasteiger partial charge is 0.310 e. The maximum absolute atomic E-state index is 4.65. The Kier molecular flexibility index (Phi) is 4.92. The highest BCUT2D eigenvalue weighted by Crippen LogP contribution is 2.24. The van der Waals surface area contributed by atoms with Crippen molar-refractivity contribution >= 4 is 22.7 Å². The second-order valence-corrected chi connectivity index (χ2v) is 6.58. The number of aryl methyl sites for hydroxylation is 2. The van der Waals surface area contributed by atoms with Gasteiger partial charge in [-0.2, -0.15) is 11.3 Å². The van der Waals surface area contributed by atoms with E-state index in [1.807, 2.05) is 11.3 Å². The van der Waals surface area contributed by atoms with Crippen molar-refractivity contribution in [2.24, 2.45) is 0 Å². The number of nitrogens with one attached hydrogen (secondary N) is 1. The molecule has 18 heavy (non-hydrogen) atoms. The summed E-state index contributed by atoms with van der Waals surface area (Å²) < 4.78 is 0. The predicted octanol–water partition coefficient (Wildman–Crippen LogP) is 4.10. The molecule has 0 aliphatic carbocycles. The van der Waals surface area contributed by atoms with Crippen LogP contribution in [0.4, 0.5) is 0 Å². The van der Waals surface area contributed by atoms with Crippen LogP contribution < -0.4 is 5.32 Å². The lowest BCUT2D eigenvalue weighted by Gasteiger charge is -2.16. The Labute approximate surface area is 117 Å². The molecule has 0 aliphatic heterocycles. The van der Waals surface area contributed by atoms with E-state index in [0.29, 0.717) is 6.04 Å². The van der Waals surface area contributed by atoms with E-state index in [9.17, 15) is 0 Å². The second-order valence-electron chi connectivity index (χ2n) is 4.52. The summed E-state index contributed by atoms with van der Waals surface area (Å²) in [4.78, 5) is 5.99. The van der Waals surface area contributed by atoms with Gasteiger partial charge in [-0.1, -0.05) is 6.92 Å². The van der Waals surface area contributed by atoms with Crippen LogP contribution in [0.1, 0.15) is 40.5 Å². The fourth-order valence-corrected chi connectivity index (χ4v) is 3.59. The Morgan fingerprint density at radius 2 is 2.22 bits per heavy atom. The molecule has 2 heterocycles. The lowest BCUT2D eigenvalue weighted by atomic mass is 10.1. The first-order chi connectivity index (χ1) is 8.70. The van der Waals surface area contributed by atoms with Gasteiger partial charge in [-0.25, -0.2) is 4.98 Å². The molecule has 98 valence electrons. The summed E-state index contributed by atoms with van der Waals surface area (Å²) in [7, 11) is 0. The lowest BCUT2D eigenvalue weighted by Crippen LogP contribution is -2.23. The Balaban J connectivity index is 2.09. The minimum absolute atomic E-state index is 0.404.